The van der Waals surface area contributed by atoms with Crippen molar-refractivity contribution in [1.82, 2.24) is 0 Å². The van der Waals surface area contributed by atoms with Crippen molar-refractivity contribution < 1.29 is 9.22 Å². The van der Waals surface area contributed by atoms with Crippen LogP contribution in [0, 0.1) is 0 Å². The largest absolute Gasteiger partial charge is 0.421 e. The Labute approximate surface area is 125 Å². The molecule has 0 fully saturated rings. The number of rotatable bonds is 3. The fourth-order valence-corrected chi connectivity index (χ4v) is 1.81. The second-order valence-corrected chi connectivity index (χ2v) is 4.68. The van der Waals surface area contributed by atoms with Gasteiger partial charge in [-0.15, -0.1) is 0 Å². The predicted octanol–water partition coefficient (Wildman–Crippen LogP) is 3.57. The van der Waals surface area contributed by atoms with Gasteiger partial charge in [0.2, 0.25) is 0 Å². The minimum Gasteiger partial charge on any atom is -0.421 e. The molecule has 108 valence electrons. The highest BCUT2D eigenvalue weighted by Gasteiger charge is 1.98. The Morgan fingerprint density at radius 3 is 1.80 bits per heavy atom. The van der Waals surface area contributed by atoms with Crippen molar-refractivity contribution in [3.05, 3.63) is 71.8 Å². The van der Waals surface area contributed by atoms with Gasteiger partial charge in [-0.05, 0) is 19.4 Å². The first-order chi connectivity index (χ1) is 9.15. The maximum absolute atomic E-state index is 10.6. The zero-order valence-electron chi connectivity index (χ0n) is 11.7. The van der Waals surface area contributed by atoms with E-state index >= 15 is 0 Å². The molecule has 2 nitrogen and oxygen atoms in total. The predicted molar refractivity (Wildman–Crippen MR) is 89.1 cm³/mol. The lowest BCUT2D eigenvalue weighted by molar-refractivity contribution is 0.101. The number of ketones is 1. The molecule has 0 amide bonds. The van der Waals surface area contributed by atoms with Crippen LogP contribution < -0.4 is 0 Å². The van der Waals surface area contributed by atoms with Gasteiger partial charge in [-0.25, -0.2) is 0 Å². The van der Waals surface area contributed by atoms with Crippen molar-refractivity contribution in [1.29, 1.82) is 0 Å². The second kappa shape index (κ2) is 10.1. The lowest BCUT2D eigenvalue weighted by Crippen LogP contribution is -1.95. The molecule has 0 aromatic heterocycles. The van der Waals surface area contributed by atoms with E-state index in [-0.39, 0.29) is 19.3 Å². The van der Waals surface area contributed by atoms with E-state index in [1.54, 1.807) is 6.92 Å². The molecule has 0 radical (unpaired) electrons. The number of hydrogen-bond donors (Lipinski definition) is 0. The average Bonchev–Trinajstić information content (AvgIpc) is 2.49. The summed E-state index contributed by atoms with van der Waals surface area (Å²) in [5.41, 5.74) is 2.04. The molecule has 1 unspecified atom stereocenters. The van der Waals surface area contributed by atoms with Crippen LogP contribution in [0.4, 0.5) is 0 Å². The molecule has 1 atom stereocenters. The van der Waals surface area contributed by atoms with Crippen molar-refractivity contribution in [2.24, 2.45) is 0 Å². The van der Waals surface area contributed by atoms with E-state index in [9.17, 15) is 4.79 Å². The molecule has 2 aromatic carbocycles. The zero-order chi connectivity index (χ0) is 14.1. The van der Waals surface area contributed by atoms with Gasteiger partial charge in [0.25, 0.3) is 0 Å². The van der Waals surface area contributed by atoms with Crippen LogP contribution in [-0.2, 0) is 4.43 Å². The van der Waals surface area contributed by atoms with E-state index in [1.807, 2.05) is 48.5 Å². The quantitative estimate of drug-likeness (QED) is 0.637. The van der Waals surface area contributed by atoms with Crippen molar-refractivity contribution in [3.8, 4) is 0 Å². The van der Waals surface area contributed by atoms with Crippen LogP contribution in [0.5, 0.6) is 0 Å². The minimum atomic E-state index is 0. The third-order valence-corrected chi connectivity index (χ3v) is 3.51. The van der Waals surface area contributed by atoms with Gasteiger partial charge in [-0.1, -0.05) is 68.1 Å². The topological polar surface area (TPSA) is 26.3 Å². The van der Waals surface area contributed by atoms with Crippen LogP contribution in [0.25, 0.3) is 0 Å². The fourth-order valence-electron chi connectivity index (χ4n) is 1.53. The second-order valence-electron chi connectivity index (χ2n) is 4.21. The van der Waals surface area contributed by atoms with Crippen molar-refractivity contribution in [3.63, 3.8) is 0 Å². The summed E-state index contributed by atoms with van der Waals surface area (Å²) in [6.07, 6.45) is 0.271. The van der Waals surface area contributed by atoms with E-state index in [1.165, 1.54) is 5.56 Å². The Balaban J connectivity index is 0.000000345. The molecule has 2 rings (SSSR count). The van der Waals surface area contributed by atoms with Gasteiger partial charge in [-0.3, -0.25) is 4.79 Å². The molecule has 0 aliphatic carbocycles. The molecule has 0 saturated heterocycles. The van der Waals surface area contributed by atoms with Crippen LogP contribution in [0.3, 0.4) is 0 Å². The molecular weight excluding hydrogens is 264 g/mol. The number of benzene rings is 2. The smallest absolute Gasteiger partial charge is 0.159 e. The molecule has 0 spiro atoms. The van der Waals surface area contributed by atoms with Gasteiger partial charge in [0.1, 0.15) is 10.5 Å². The molecule has 2 aromatic rings. The summed E-state index contributed by atoms with van der Waals surface area (Å²) in [5, 5.41) is 0. The van der Waals surface area contributed by atoms with Gasteiger partial charge >= 0.3 is 0 Å². The lowest BCUT2D eigenvalue weighted by atomic mass is 10.1. The molecule has 3 heteroatoms. The summed E-state index contributed by atoms with van der Waals surface area (Å²) in [6.45, 7) is 3.64. The summed E-state index contributed by atoms with van der Waals surface area (Å²) in [7, 11) is 0.808. The highest BCUT2D eigenvalue weighted by atomic mass is 28.2. The van der Waals surface area contributed by atoms with Crippen molar-refractivity contribution in [2.45, 2.75) is 27.4 Å². The Morgan fingerprint density at radius 1 is 1.00 bits per heavy atom. The monoisotopic (exact) mass is 288 g/mol. The first-order valence-electron chi connectivity index (χ1n) is 6.29. The maximum Gasteiger partial charge on any atom is 0.159 e. The summed E-state index contributed by atoms with van der Waals surface area (Å²) in [4.78, 5) is 10.6. The zero-order valence-corrected chi connectivity index (χ0v) is 13.7. The lowest BCUT2D eigenvalue weighted by Gasteiger charge is -2.08. The number of carbonyl (C=O) groups excluding carboxylic acids is 1. The maximum atomic E-state index is 10.6. The van der Waals surface area contributed by atoms with E-state index < -0.39 is 0 Å². The third-order valence-electron chi connectivity index (χ3n) is 2.80. The molecule has 0 saturated carbocycles. The normalized spacial score (nSPS) is 10.7. The molecule has 0 aliphatic heterocycles. The standard InChI is InChI=1S/C8H12OSi.C8H8O.CH4/c1-7(9-10)8-5-3-2-4-6-8;1-7(9)8-5-3-2-4-6-8;/h2-7H,1,10H3;2-6H,1H3;1H4. The van der Waals surface area contributed by atoms with Crippen LogP contribution in [0.15, 0.2) is 60.7 Å². The molecule has 20 heavy (non-hydrogen) atoms. The van der Waals surface area contributed by atoms with Gasteiger partial charge in [0.05, 0.1) is 6.10 Å². The number of Topliss-reactive ketones (excluding diaryl/α,β-unsaturated/α-hetero) is 1. The van der Waals surface area contributed by atoms with E-state index in [0.717, 1.165) is 16.0 Å². The molecule has 0 heterocycles. The van der Waals surface area contributed by atoms with E-state index in [4.69, 9.17) is 4.43 Å². The third kappa shape index (κ3) is 6.45. The van der Waals surface area contributed by atoms with Crippen LogP contribution in [0.2, 0.25) is 0 Å². The highest BCUT2D eigenvalue weighted by Crippen LogP contribution is 2.13. The average molecular weight is 288 g/mol. The Hall–Kier alpha value is -1.71. The number of hydrogen-bond acceptors (Lipinski definition) is 2. The molecular formula is C17H24O2Si. The minimum absolute atomic E-state index is 0. The molecule has 0 aliphatic rings. The van der Waals surface area contributed by atoms with Gasteiger partial charge < -0.3 is 4.43 Å². The van der Waals surface area contributed by atoms with Crippen LogP contribution in [-0.4, -0.2) is 16.3 Å². The van der Waals surface area contributed by atoms with Gasteiger partial charge in [0.15, 0.2) is 5.78 Å². The van der Waals surface area contributed by atoms with Crippen molar-refractivity contribution in [2.75, 3.05) is 0 Å². The number of carbonyl (C=O) groups is 1. The van der Waals surface area contributed by atoms with Crippen molar-refractivity contribution >= 4 is 16.3 Å². The Kier molecular flexibility index (Phi) is 9.25. The van der Waals surface area contributed by atoms with E-state index in [0.29, 0.717) is 0 Å². The molecule has 0 bridgehead atoms. The first-order valence-corrected chi connectivity index (χ1v) is 7.10. The highest BCUT2D eigenvalue weighted by molar-refractivity contribution is 5.98. The van der Waals surface area contributed by atoms with Gasteiger partial charge in [-0.2, -0.15) is 0 Å². The van der Waals surface area contributed by atoms with Crippen LogP contribution >= 0.6 is 0 Å². The summed E-state index contributed by atoms with van der Waals surface area (Å²) in [6, 6.07) is 19.5. The summed E-state index contributed by atoms with van der Waals surface area (Å²) in [5.74, 6) is 0.121. The summed E-state index contributed by atoms with van der Waals surface area (Å²) < 4.78 is 5.28. The summed E-state index contributed by atoms with van der Waals surface area (Å²) >= 11 is 0. The Bertz CT molecular complexity index is 483. The SMILES string of the molecule is C.CC(=O)c1ccccc1.CC(O[SiH3])c1ccccc1. The fraction of sp³-hybridized carbons (Fsp3) is 0.235. The molecule has 0 N–H and O–H groups in total. The first kappa shape index (κ1) is 18.3. The Morgan fingerprint density at radius 2 is 1.45 bits per heavy atom. The van der Waals surface area contributed by atoms with E-state index in [2.05, 4.69) is 19.1 Å². The van der Waals surface area contributed by atoms with Gasteiger partial charge in [0, 0.05) is 5.56 Å². The van der Waals surface area contributed by atoms with Crippen LogP contribution in [0.1, 0.15) is 43.3 Å².